The van der Waals surface area contributed by atoms with E-state index in [4.69, 9.17) is 4.74 Å². The van der Waals surface area contributed by atoms with Gasteiger partial charge in [0.15, 0.2) is 0 Å². The number of nitrogens with zero attached hydrogens (tertiary/aromatic N) is 1. The van der Waals surface area contributed by atoms with Crippen molar-refractivity contribution >= 4 is 65.5 Å². The molecule has 0 spiro atoms. The average Bonchev–Trinajstić information content (AvgIpc) is 2.54. The average molecular weight is 515 g/mol. The number of ether oxygens (including phenoxy) is 1. The van der Waals surface area contributed by atoms with E-state index in [0.29, 0.717) is 17.0 Å². The van der Waals surface area contributed by atoms with E-state index in [0.717, 1.165) is 13.4 Å². The fourth-order valence-electron chi connectivity index (χ4n) is 1.90. The SMILES string of the molecule is COc1c(Br)cc(/C=C(/C#N)C(=O)Nc2ccc(Br)cc2)cc1Br. The van der Waals surface area contributed by atoms with E-state index in [9.17, 15) is 10.1 Å². The summed E-state index contributed by atoms with van der Waals surface area (Å²) in [5, 5.41) is 12.0. The fourth-order valence-corrected chi connectivity index (χ4v) is 3.71. The number of hydrogen-bond acceptors (Lipinski definition) is 3. The molecule has 0 aromatic heterocycles. The highest BCUT2D eigenvalue weighted by molar-refractivity contribution is 9.11. The second-order valence-corrected chi connectivity index (χ2v) is 7.27. The fraction of sp³-hybridized carbons (Fsp3) is 0.0588. The molecule has 0 atom stereocenters. The first-order valence-corrected chi connectivity index (χ1v) is 9.04. The molecular formula is C17H11Br3N2O2. The molecule has 0 saturated carbocycles. The smallest absolute Gasteiger partial charge is 0.266 e. The third kappa shape index (κ3) is 4.69. The van der Waals surface area contributed by atoms with E-state index in [1.807, 2.05) is 18.2 Å². The van der Waals surface area contributed by atoms with Gasteiger partial charge in [-0.2, -0.15) is 5.26 Å². The van der Waals surface area contributed by atoms with Gasteiger partial charge in [0.1, 0.15) is 17.4 Å². The molecule has 0 heterocycles. The Morgan fingerprint density at radius 3 is 2.25 bits per heavy atom. The lowest BCUT2D eigenvalue weighted by Gasteiger charge is -2.08. The van der Waals surface area contributed by atoms with Crippen molar-refractivity contribution in [2.45, 2.75) is 0 Å². The molecule has 1 N–H and O–H groups in total. The van der Waals surface area contributed by atoms with Crippen LogP contribution in [0.25, 0.3) is 6.08 Å². The number of halogens is 3. The number of amides is 1. The zero-order valence-electron chi connectivity index (χ0n) is 12.4. The number of hydrogen-bond donors (Lipinski definition) is 1. The highest BCUT2D eigenvalue weighted by atomic mass is 79.9. The Kier molecular flexibility index (Phi) is 6.60. The maximum absolute atomic E-state index is 12.3. The Hall–Kier alpha value is -1.62. The molecule has 0 fully saturated rings. The molecule has 122 valence electrons. The molecule has 1 amide bonds. The number of rotatable bonds is 4. The van der Waals surface area contributed by atoms with E-state index in [2.05, 4.69) is 53.1 Å². The van der Waals surface area contributed by atoms with Gasteiger partial charge in [-0.3, -0.25) is 4.79 Å². The lowest BCUT2D eigenvalue weighted by molar-refractivity contribution is -0.112. The first-order valence-electron chi connectivity index (χ1n) is 6.66. The monoisotopic (exact) mass is 512 g/mol. The minimum absolute atomic E-state index is 0.00175. The van der Waals surface area contributed by atoms with Crippen LogP contribution in [-0.4, -0.2) is 13.0 Å². The standard InChI is InChI=1S/C17H11Br3N2O2/c1-24-16-14(19)7-10(8-15(16)20)6-11(9-21)17(23)22-13-4-2-12(18)3-5-13/h2-8H,1H3,(H,22,23)/b11-6-. The molecule has 0 aliphatic heterocycles. The minimum atomic E-state index is -0.470. The molecular weight excluding hydrogens is 504 g/mol. The zero-order chi connectivity index (χ0) is 17.7. The van der Waals surface area contributed by atoms with Gasteiger partial charge in [0.25, 0.3) is 5.91 Å². The number of nitriles is 1. The highest BCUT2D eigenvalue weighted by Crippen LogP contribution is 2.35. The summed E-state index contributed by atoms with van der Waals surface area (Å²) in [7, 11) is 1.56. The molecule has 4 nitrogen and oxygen atoms in total. The minimum Gasteiger partial charge on any atom is -0.494 e. The van der Waals surface area contributed by atoms with Crippen LogP contribution in [0.2, 0.25) is 0 Å². The summed E-state index contributed by atoms with van der Waals surface area (Å²) in [6.07, 6.45) is 1.52. The molecule has 2 aromatic rings. The third-order valence-corrected chi connectivity index (χ3v) is 4.71. The summed E-state index contributed by atoms with van der Waals surface area (Å²) in [6, 6.07) is 12.6. The molecule has 0 bridgehead atoms. The van der Waals surface area contributed by atoms with Crippen molar-refractivity contribution in [1.29, 1.82) is 5.26 Å². The van der Waals surface area contributed by atoms with Crippen molar-refractivity contribution in [1.82, 2.24) is 0 Å². The maximum atomic E-state index is 12.3. The summed E-state index contributed by atoms with van der Waals surface area (Å²) < 4.78 is 7.58. The number of anilines is 1. The Bertz CT molecular complexity index is 817. The number of carbonyl (C=O) groups excluding carboxylic acids is 1. The Labute approximate surface area is 164 Å². The number of benzene rings is 2. The van der Waals surface area contributed by atoms with Crippen LogP contribution in [0.15, 0.2) is 55.4 Å². The molecule has 24 heavy (non-hydrogen) atoms. The van der Waals surface area contributed by atoms with E-state index in [1.54, 1.807) is 31.4 Å². The normalized spacial score (nSPS) is 10.9. The van der Waals surface area contributed by atoms with E-state index < -0.39 is 5.91 Å². The summed E-state index contributed by atoms with van der Waals surface area (Å²) >= 11 is 10.1. The summed E-state index contributed by atoms with van der Waals surface area (Å²) in [6.45, 7) is 0. The Morgan fingerprint density at radius 2 is 1.75 bits per heavy atom. The van der Waals surface area contributed by atoms with Crippen molar-refractivity contribution in [3.05, 3.63) is 61.0 Å². The molecule has 2 aromatic carbocycles. The number of methoxy groups -OCH3 is 1. The second-order valence-electron chi connectivity index (χ2n) is 4.65. The van der Waals surface area contributed by atoms with E-state index in [-0.39, 0.29) is 5.57 Å². The van der Waals surface area contributed by atoms with Crippen LogP contribution in [0.4, 0.5) is 5.69 Å². The predicted octanol–water partition coefficient (Wildman–Crippen LogP) is 5.53. The van der Waals surface area contributed by atoms with E-state index >= 15 is 0 Å². The summed E-state index contributed by atoms with van der Waals surface area (Å²) in [4.78, 5) is 12.3. The van der Waals surface area contributed by atoms with E-state index in [1.165, 1.54) is 6.08 Å². The van der Waals surface area contributed by atoms with Gasteiger partial charge in [-0.1, -0.05) is 15.9 Å². The van der Waals surface area contributed by atoms with Gasteiger partial charge in [0, 0.05) is 10.2 Å². The van der Waals surface area contributed by atoms with Gasteiger partial charge >= 0.3 is 0 Å². The summed E-state index contributed by atoms with van der Waals surface area (Å²) in [5.74, 6) is 0.174. The quantitative estimate of drug-likeness (QED) is 0.431. The molecule has 2 rings (SSSR count). The van der Waals surface area contributed by atoms with Crippen LogP contribution in [0.1, 0.15) is 5.56 Å². The van der Waals surface area contributed by atoms with Gasteiger partial charge in [-0.25, -0.2) is 0 Å². The molecule has 0 radical (unpaired) electrons. The predicted molar refractivity (Wildman–Crippen MR) is 105 cm³/mol. The van der Waals surface area contributed by atoms with Crippen molar-refractivity contribution in [3.8, 4) is 11.8 Å². The van der Waals surface area contributed by atoms with Crippen LogP contribution in [0.5, 0.6) is 5.75 Å². The topological polar surface area (TPSA) is 62.1 Å². The molecule has 0 aliphatic rings. The van der Waals surface area contributed by atoms with Gasteiger partial charge < -0.3 is 10.1 Å². The lowest BCUT2D eigenvalue weighted by Crippen LogP contribution is -2.13. The summed E-state index contributed by atoms with van der Waals surface area (Å²) in [5.41, 5.74) is 1.31. The molecule has 0 saturated heterocycles. The van der Waals surface area contributed by atoms with Gasteiger partial charge in [-0.05, 0) is 79.9 Å². The molecule has 0 unspecified atom stereocenters. The third-order valence-electron chi connectivity index (χ3n) is 3.00. The largest absolute Gasteiger partial charge is 0.494 e. The zero-order valence-corrected chi connectivity index (χ0v) is 17.2. The Morgan fingerprint density at radius 1 is 1.17 bits per heavy atom. The second kappa shape index (κ2) is 8.47. The van der Waals surface area contributed by atoms with Gasteiger partial charge in [0.05, 0.1) is 16.1 Å². The van der Waals surface area contributed by atoms with Gasteiger partial charge in [-0.15, -0.1) is 0 Å². The van der Waals surface area contributed by atoms with Crippen molar-refractivity contribution < 1.29 is 9.53 Å². The van der Waals surface area contributed by atoms with Crippen LogP contribution in [0, 0.1) is 11.3 Å². The molecule has 7 heteroatoms. The first kappa shape index (κ1) is 18.7. The highest BCUT2D eigenvalue weighted by Gasteiger charge is 2.12. The van der Waals surface area contributed by atoms with Gasteiger partial charge in [0.2, 0.25) is 0 Å². The first-order chi connectivity index (χ1) is 11.4. The van der Waals surface area contributed by atoms with Crippen molar-refractivity contribution in [3.63, 3.8) is 0 Å². The van der Waals surface area contributed by atoms with Crippen LogP contribution in [0.3, 0.4) is 0 Å². The van der Waals surface area contributed by atoms with Crippen molar-refractivity contribution in [2.75, 3.05) is 12.4 Å². The van der Waals surface area contributed by atoms with Crippen LogP contribution >= 0.6 is 47.8 Å². The van der Waals surface area contributed by atoms with Crippen molar-refractivity contribution in [2.24, 2.45) is 0 Å². The Balaban J connectivity index is 2.27. The number of nitrogens with one attached hydrogen (secondary N) is 1. The lowest BCUT2D eigenvalue weighted by atomic mass is 10.1. The maximum Gasteiger partial charge on any atom is 0.266 e. The molecule has 0 aliphatic carbocycles. The van der Waals surface area contributed by atoms with Crippen LogP contribution in [-0.2, 0) is 4.79 Å². The van der Waals surface area contributed by atoms with Crippen LogP contribution < -0.4 is 10.1 Å². The number of carbonyl (C=O) groups is 1.